The van der Waals surface area contributed by atoms with Crippen LogP contribution in [0.2, 0.25) is 0 Å². The van der Waals surface area contributed by atoms with E-state index in [4.69, 9.17) is 19.9 Å². The van der Waals surface area contributed by atoms with E-state index in [1.54, 1.807) is 32.2 Å². The summed E-state index contributed by atoms with van der Waals surface area (Å²) in [5.74, 6) is 0.650. The first-order chi connectivity index (χ1) is 8.51. The zero-order chi connectivity index (χ0) is 13.3. The summed E-state index contributed by atoms with van der Waals surface area (Å²) < 4.78 is 15.7. The monoisotopic (exact) mass is 250 g/mol. The number of amidine groups is 1. The molecule has 1 aliphatic rings. The van der Waals surface area contributed by atoms with Crippen LogP contribution in [0.4, 0.5) is 0 Å². The average Bonchev–Trinajstić information content (AvgIpc) is 2.63. The van der Waals surface area contributed by atoms with Gasteiger partial charge in [-0.15, -0.1) is 0 Å². The second-order valence-corrected chi connectivity index (χ2v) is 3.96. The highest BCUT2D eigenvalue weighted by atomic mass is 16.5. The van der Waals surface area contributed by atoms with E-state index in [1.165, 1.54) is 7.11 Å². The van der Waals surface area contributed by atoms with Crippen LogP contribution in [0.15, 0.2) is 23.2 Å². The molecule has 6 nitrogen and oxygen atoms in total. The first kappa shape index (κ1) is 12.2. The number of nitrogens with zero attached hydrogens (tertiary/aromatic N) is 1. The summed E-state index contributed by atoms with van der Waals surface area (Å²) in [6.07, 6.45) is 0. The lowest BCUT2D eigenvalue weighted by Crippen LogP contribution is -2.32. The van der Waals surface area contributed by atoms with Crippen molar-refractivity contribution < 1.29 is 19.0 Å². The molecule has 1 atom stereocenters. The van der Waals surface area contributed by atoms with Crippen molar-refractivity contribution in [3.63, 3.8) is 0 Å². The van der Waals surface area contributed by atoms with Crippen LogP contribution in [-0.2, 0) is 15.1 Å². The Hall–Kier alpha value is -2.24. The molecule has 18 heavy (non-hydrogen) atoms. The van der Waals surface area contributed by atoms with Crippen molar-refractivity contribution in [2.45, 2.75) is 12.5 Å². The molecule has 6 heteroatoms. The SMILES string of the molecule is COc1ccc(C2(C)OC(N)=NC2=O)c(OC)c1. The van der Waals surface area contributed by atoms with Crippen LogP contribution in [0.5, 0.6) is 11.5 Å². The van der Waals surface area contributed by atoms with Gasteiger partial charge in [-0.25, -0.2) is 0 Å². The number of nitrogens with two attached hydrogens (primary N) is 1. The van der Waals surface area contributed by atoms with Gasteiger partial charge in [0.05, 0.1) is 14.2 Å². The fourth-order valence-electron chi connectivity index (χ4n) is 1.85. The second-order valence-electron chi connectivity index (χ2n) is 3.96. The highest BCUT2D eigenvalue weighted by Crippen LogP contribution is 2.38. The number of aliphatic imine (C=N–C) groups is 1. The number of methoxy groups -OCH3 is 2. The summed E-state index contributed by atoms with van der Waals surface area (Å²) >= 11 is 0. The molecule has 0 bridgehead atoms. The van der Waals surface area contributed by atoms with E-state index in [9.17, 15) is 4.79 Å². The van der Waals surface area contributed by atoms with E-state index in [2.05, 4.69) is 4.99 Å². The summed E-state index contributed by atoms with van der Waals surface area (Å²) in [6, 6.07) is 4.95. The van der Waals surface area contributed by atoms with Gasteiger partial charge in [0.15, 0.2) is 0 Å². The van der Waals surface area contributed by atoms with Gasteiger partial charge in [-0.3, -0.25) is 4.79 Å². The van der Waals surface area contributed by atoms with E-state index in [0.29, 0.717) is 17.1 Å². The predicted octanol–water partition coefficient (Wildman–Crippen LogP) is 0.790. The van der Waals surface area contributed by atoms with Crippen molar-refractivity contribution in [3.8, 4) is 11.5 Å². The van der Waals surface area contributed by atoms with Crippen molar-refractivity contribution in [2.24, 2.45) is 10.7 Å². The average molecular weight is 250 g/mol. The molecule has 0 spiro atoms. The van der Waals surface area contributed by atoms with Gasteiger partial charge in [-0.2, -0.15) is 4.99 Å². The van der Waals surface area contributed by atoms with Crippen LogP contribution in [0.3, 0.4) is 0 Å². The lowest BCUT2D eigenvalue weighted by molar-refractivity contribution is -0.130. The number of ether oxygens (including phenoxy) is 3. The van der Waals surface area contributed by atoms with Crippen molar-refractivity contribution in [3.05, 3.63) is 23.8 Å². The van der Waals surface area contributed by atoms with E-state index in [0.717, 1.165) is 0 Å². The first-order valence-corrected chi connectivity index (χ1v) is 5.31. The molecule has 1 aromatic carbocycles. The number of hydrogen-bond acceptors (Lipinski definition) is 5. The van der Waals surface area contributed by atoms with Gasteiger partial charge in [-0.1, -0.05) is 0 Å². The summed E-state index contributed by atoms with van der Waals surface area (Å²) in [5.41, 5.74) is 4.73. The summed E-state index contributed by atoms with van der Waals surface area (Å²) in [6.45, 7) is 1.60. The summed E-state index contributed by atoms with van der Waals surface area (Å²) in [7, 11) is 3.06. The molecule has 96 valence electrons. The molecule has 1 amide bonds. The minimum atomic E-state index is -1.25. The minimum absolute atomic E-state index is 0.139. The van der Waals surface area contributed by atoms with Gasteiger partial charge in [0, 0.05) is 11.6 Å². The zero-order valence-electron chi connectivity index (χ0n) is 10.4. The minimum Gasteiger partial charge on any atom is -0.497 e. The predicted molar refractivity (Wildman–Crippen MR) is 64.6 cm³/mol. The maximum absolute atomic E-state index is 11.9. The van der Waals surface area contributed by atoms with Crippen LogP contribution in [0, 0.1) is 0 Å². The van der Waals surface area contributed by atoms with Gasteiger partial charge < -0.3 is 19.9 Å². The van der Waals surface area contributed by atoms with E-state index in [-0.39, 0.29) is 6.02 Å². The number of rotatable bonds is 3. The highest BCUT2D eigenvalue weighted by molar-refractivity contribution is 6.01. The molecule has 0 aromatic heterocycles. The van der Waals surface area contributed by atoms with Gasteiger partial charge in [0.2, 0.25) is 5.60 Å². The molecule has 0 saturated carbocycles. The number of hydrogen-bond donors (Lipinski definition) is 1. The van der Waals surface area contributed by atoms with Crippen LogP contribution < -0.4 is 15.2 Å². The molecule has 2 N–H and O–H groups in total. The van der Waals surface area contributed by atoms with Gasteiger partial charge in [0.25, 0.3) is 11.9 Å². The third-order valence-corrected chi connectivity index (χ3v) is 2.85. The molecule has 0 saturated heterocycles. The Morgan fingerprint density at radius 3 is 2.56 bits per heavy atom. The second kappa shape index (κ2) is 4.21. The van der Waals surface area contributed by atoms with Gasteiger partial charge >= 0.3 is 0 Å². The lowest BCUT2D eigenvalue weighted by Gasteiger charge is -2.23. The molecule has 0 aliphatic carbocycles. The maximum atomic E-state index is 11.9. The molecule has 1 heterocycles. The molecule has 0 fully saturated rings. The van der Waals surface area contributed by atoms with Crippen molar-refractivity contribution >= 4 is 11.9 Å². The maximum Gasteiger partial charge on any atom is 0.299 e. The number of carbonyl (C=O) groups excluding carboxylic acids is 1. The van der Waals surface area contributed by atoms with Crippen LogP contribution in [-0.4, -0.2) is 26.1 Å². The molecule has 1 unspecified atom stereocenters. The van der Waals surface area contributed by atoms with Crippen molar-refractivity contribution in [2.75, 3.05) is 14.2 Å². The first-order valence-electron chi connectivity index (χ1n) is 5.31. The van der Waals surface area contributed by atoms with Crippen LogP contribution in [0.25, 0.3) is 0 Å². The normalized spacial score (nSPS) is 22.4. The van der Waals surface area contributed by atoms with E-state index < -0.39 is 11.5 Å². The summed E-state index contributed by atoms with van der Waals surface area (Å²) in [5, 5.41) is 0. The Labute approximate surface area is 104 Å². The molecule has 1 aliphatic heterocycles. The Morgan fingerprint density at radius 2 is 2.06 bits per heavy atom. The lowest BCUT2D eigenvalue weighted by atomic mass is 9.94. The Balaban J connectivity index is 2.49. The van der Waals surface area contributed by atoms with Crippen LogP contribution >= 0.6 is 0 Å². The fraction of sp³-hybridized carbons (Fsp3) is 0.333. The summed E-state index contributed by atoms with van der Waals surface area (Å²) in [4.78, 5) is 15.4. The van der Waals surface area contributed by atoms with E-state index in [1.807, 2.05) is 0 Å². The topological polar surface area (TPSA) is 83.1 Å². The Morgan fingerprint density at radius 1 is 1.33 bits per heavy atom. The molecular weight excluding hydrogens is 236 g/mol. The van der Waals surface area contributed by atoms with Gasteiger partial charge in [0.1, 0.15) is 11.5 Å². The van der Waals surface area contributed by atoms with Gasteiger partial charge in [-0.05, 0) is 19.1 Å². The smallest absolute Gasteiger partial charge is 0.299 e. The quantitative estimate of drug-likeness (QED) is 0.857. The van der Waals surface area contributed by atoms with Crippen LogP contribution in [0.1, 0.15) is 12.5 Å². The third-order valence-electron chi connectivity index (χ3n) is 2.85. The Bertz CT molecular complexity index is 527. The van der Waals surface area contributed by atoms with Crippen molar-refractivity contribution in [1.82, 2.24) is 0 Å². The molecular formula is C12H14N2O4. The largest absolute Gasteiger partial charge is 0.497 e. The fourth-order valence-corrected chi connectivity index (χ4v) is 1.85. The van der Waals surface area contributed by atoms with Crippen molar-refractivity contribution in [1.29, 1.82) is 0 Å². The highest BCUT2D eigenvalue weighted by Gasteiger charge is 2.45. The number of benzene rings is 1. The number of amides is 1. The Kier molecular flexibility index (Phi) is 2.86. The molecule has 1 aromatic rings. The standard InChI is InChI=1S/C12H14N2O4/c1-12(10(15)14-11(13)18-12)8-5-4-7(16-2)6-9(8)17-3/h4-6H,1-3H3,(H2,13,14,15). The molecule has 0 radical (unpaired) electrons. The molecule has 2 rings (SSSR count). The zero-order valence-corrected chi connectivity index (χ0v) is 10.4. The number of carbonyl (C=O) groups is 1. The van der Waals surface area contributed by atoms with E-state index >= 15 is 0 Å². The third kappa shape index (κ3) is 1.75.